The normalized spacial score (nSPS) is 11.2. The molecule has 0 unspecified atom stereocenters. The minimum Gasteiger partial charge on any atom is -0.506 e. The van der Waals surface area contributed by atoms with Crippen LogP contribution < -0.4 is 5.32 Å². The first-order valence-electron chi connectivity index (χ1n) is 6.25. The third-order valence-corrected chi connectivity index (χ3v) is 2.98. The molecule has 1 amide bonds. The van der Waals surface area contributed by atoms with Crippen molar-refractivity contribution in [1.82, 2.24) is 0 Å². The van der Waals surface area contributed by atoms with Gasteiger partial charge in [-0.1, -0.05) is 0 Å². The number of hydrogen-bond donors (Lipinski definition) is 2. The van der Waals surface area contributed by atoms with Crippen LogP contribution in [0.3, 0.4) is 0 Å². The summed E-state index contributed by atoms with van der Waals surface area (Å²) in [4.78, 5) is 21.7. The van der Waals surface area contributed by atoms with Crippen LogP contribution in [0.1, 0.15) is 15.9 Å². The van der Waals surface area contributed by atoms with Gasteiger partial charge in [-0.25, -0.2) is 4.39 Å². The number of nitrogens with one attached hydrogen (secondary N) is 1. The summed E-state index contributed by atoms with van der Waals surface area (Å²) >= 11 is 0. The topological polar surface area (TPSA) is 92.5 Å². The smallest absolute Gasteiger partial charge is 0.416 e. The van der Waals surface area contributed by atoms with E-state index in [1.54, 1.807) is 0 Å². The van der Waals surface area contributed by atoms with Gasteiger partial charge in [0, 0.05) is 12.1 Å². The van der Waals surface area contributed by atoms with E-state index in [4.69, 9.17) is 0 Å². The summed E-state index contributed by atoms with van der Waals surface area (Å²) in [5.41, 5.74) is -3.08. The van der Waals surface area contributed by atoms with Crippen LogP contribution in [-0.2, 0) is 6.18 Å². The Labute approximate surface area is 131 Å². The van der Waals surface area contributed by atoms with E-state index >= 15 is 0 Å². The van der Waals surface area contributed by atoms with Crippen LogP contribution in [0.25, 0.3) is 0 Å². The number of hydrogen-bond acceptors (Lipinski definition) is 4. The fourth-order valence-electron chi connectivity index (χ4n) is 1.80. The monoisotopic (exact) mass is 344 g/mol. The number of anilines is 1. The third kappa shape index (κ3) is 3.59. The Hall–Kier alpha value is -3.17. The minimum atomic E-state index is -4.72. The predicted molar refractivity (Wildman–Crippen MR) is 74.1 cm³/mol. The summed E-state index contributed by atoms with van der Waals surface area (Å²) < 4.78 is 51.5. The number of aromatic hydroxyl groups is 1. The number of amides is 1. The van der Waals surface area contributed by atoms with E-state index in [2.05, 4.69) is 0 Å². The van der Waals surface area contributed by atoms with E-state index in [-0.39, 0.29) is 0 Å². The van der Waals surface area contributed by atoms with Gasteiger partial charge in [0.1, 0.15) is 11.6 Å². The summed E-state index contributed by atoms with van der Waals surface area (Å²) in [5.74, 6) is -3.03. The molecular weight excluding hydrogens is 336 g/mol. The lowest BCUT2D eigenvalue weighted by Crippen LogP contribution is -2.15. The van der Waals surface area contributed by atoms with Crippen molar-refractivity contribution in [2.45, 2.75) is 6.18 Å². The van der Waals surface area contributed by atoms with Crippen molar-refractivity contribution in [3.63, 3.8) is 0 Å². The highest BCUT2D eigenvalue weighted by atomic mass is 19.4. The maximum absolute atomic E-state index is 13.6. The number of carbonyl (C=O) groups excluding carboxylic acids is 1. The van der Waals surface area contributed by atoms with Crippen molar-refractivity contribution < 1.29 is 32.4 Å². The second-order valence-electron chi connectivity index (χ2n) is 4.61. The molecule has 0 atom stereocenters. The molecule has 2 rings (SSSR count). The second-order valence-corrected chi connectivity index (χ2v) is 4.61. The quantitative estimate of drug-likeness (QED) is 0.384. The van der Waals surface area contributed by atoms with Crippen molar-refractivity contribution in [2.75, 3.05) is 5.32 Å². The van der Waals surface area contributed by atoms with Gasteiger partial charge in [-0.15, -0.1) is 0 Å². The number of halogens is 4. The SMILES string of the molecule is O=C(Nc1cc(C(F)(F)F)ccc1O)c1cc([N+](=O)[O-])ccc1F. The highest BCUT2D eigenvalue weighted by Crippen LogP contribution is 2.34. The van der Waals surface area contributed by atoms with E-state index in [1.807, 2.05) is 5.32 Å². The molecule has 0 saturated carbocycles. The lowest BCUT2D eigenvalue weighted by Gasteiger charge is -2.12. The number of benzene rings is 2. The molecule has 2 N–H and O–H groups in total. The fraction of sp³-hybridized carbons (Fsp3) is 0.0714. The fourth-order valence-corrected chi connectivity index (χ4v) is 1.80. The van der Waals surface area contributed by atoms with Gasteiger partial charge in [0.05, 0.1) is 21.7 Å². The molecule has 6 nitrogen and oxygen atoms in total. The number of phenolic OH excluding ortho intramolecular Hbond substituents is 1. The van der Waals surface area contributed by atoms with E-state index < -0.39 is 51.1 Å². The van der Waals surface area contributed by atoms with E-state index in [9.17, 15) is 37.6 Å². The Bertz CT molecular complexity index is 821. The Morgan fingerprint density at radius 2 is 1.83 bits per heavy atom. The molecular formula is C14H8F4N2O4. The highest BCUT2D eigenvalue weighted by molar-refractivity contribution is 6.05. The third-order valence-electron chi connectivity index (χ3n) is 2.98. The lowest BCUT2D eigenvalue weighted by molar-refractivity contribution is -0.384. The van der Waals surface area contributed by atoms with Crippen molar-refractivity contribution in [3.05, 3.63) is 63.5 Å². The Kier molecular flexibility index (Phi) is 4.40. The summed E-state index contributed by atoms with van der Waals surface area (Å²) in [6.07, 6.45) is -4.72. The number of carbonyl (C=O) groups is 1. The van der Waals surface area contributed by atoms with Crippen LogP contribution in [0.5, 0.6) is 5.75 Å². The van der Waals surface area contributed by atoms with Crippen molar-refractivity contribution in [1.29, 1.82) is 0 Å². The lowest BCUT2D eigenvalue weighted by atomic mass is 10.1. The van der Waals surface area contributed by atoms with Crippen molar-refractivity contribution in [2.24, 2.45) is 0 Å². The number of phenols is 1. The van der Waals surface area contributed by atoms with Gasteiger partial charge in [-0.05, 0) is 24.3 Å². The summed E-state index contributed by atoms with van der Waals surface area (Å²) in [7, 11) is 0. The van der Waals surface area contributed by atoms with Crippen LogP contribution in [0.15, 0.2) is 36.4 Å². The molecule has 0 aliphatic carbocycles. The first-order valence-corrected chi connectivity index (χ1v) is 6.25. The van der Waals surface area contributed by atoms with E-state index in [1.165, 1.54) is 0 Å². The standard InChI is InChI=1S/C14H8F4N2O4/c15-10-3-2-8(20(23)24)6-9(10)13(22)19-11-5-7(14(16,17)18)1-4-12(11)21/h1-6,21H,(H,19,22). The maximum atomic E-state index is 13.6. The number of rotatable bonds is 3. The molecule has 0 radical (unpaired) electrons. The first-order chi connectivity index (χ1) is 11.1. The molecule has 126 valence electrons. The van der Waals surface area contributed by atoms with Crippen LogP contribution in [-0.4, -0.2) is 15.9 Å². The van der Waals surface area contributed by atoms with Gasteiger partial charge in [0.25, 0.3) is 11.6 Å². The molecule has 0 bridgehead atoms. The molecule has 2 aromatic rings. The molecule has 24 heavy (non-hydrogen) atoms. The molecule has 0 saturated heterocycles. The zero-order chi connectivity index (χ0) is 18.1. The molecule has 10 heteroatoms. The first kappa shape index (κ1) is 17.2. The van der Waals surface area contributed by atoms with Gasteiger partial charge in [0.2, 0.25) is 0 Å². The summed E-state index contributed by atoms with van der Waals surface area (Å²) in [6, 6.07) is 3.91. The summed E-state index contributed by atoms with van der Waals surface area (Å²) in [5, 5.41) is 22.1. The average Bonchev–Trinajstić information content (AvgIpc) is 2.48. The number of nitrogens with zero attached hydrogens (tertiary/aromatic N) is 1. The highest BCUT2D eigenvalue weighted by Gasteiger charge is 2.31. The van der Waals surface area contributed by atoms with Crippen molar-refractivity contribution in [3.8, 4) is 5.75 Å². The van der Waals surface area contributed by atoms with Crippen LogP contribution in [0, 0.1) is 15.9 Å². The number of nitro benzene ring substituents is 1. The average molecular weight is 344 g/mol. The molecule has 0 aromatic heterocycles. The molecule has 2 aromatic carbocycles. The van der Waals surface area contributed by atoms with E-state index in [0.29, 0.717) is 30.3 Å². The Balaban J connectivity index is 2.37. The minimum absolute atomic E-state index is 0.461. The largest absolute Gasteiger partial charge is 0.506 e. The molecule has 0 aliphatic rings. The number of non-ortho nitro benzene ring substituents is 1. The molecule has 0 fully saturated rings. The maximum Gasteiger partial charge on any atom is 0.416 e. The van der Waals surface area contributed by atoms with Gasteiger partial charge in [0.15, 0.2) is 0 Å². The molecule has 0 aliphatic heterocycles. The molecule has 0 spiro atoms. The van der Waals surface area contributed by atoms with E-state index in [0.717, 1.165) is 6.07 Å². The van der Waals surface area contributed by atoms with Gasteiger partial charge in [-0.2, -0.15) is 13.2 Å². The number of alkyl halides is 3. The van der Waals surface area contributed by atoms with Gasteiger partial charge >= 0.3 is 6.18 Å². The second kappa shape index (κ2) is 6.14. The van der Waals surface area contributed by atoms with Crippen LogP contribution >= 0.6 is 0 Å². The predicted octanol–water partition coefficient (Wildman–Crippen LogP) is 3.71. The van der Waals surface area contributed by atoms with Gasteiger partial charge in [-0.3, -0.25) is 14.9 Å². The summed E-state index contributed by atoms with van der Waals surface area (Å²) in [6.45, 7) is 0. The van der Waals surface area contributed by atoms with Crippen LogP contribution in [0.4, 0.5) is 28.9 Å². The number of nitro groups is 1. The van der Waals surface area contributed by atoms with Gasteiger partial charge < -0.3 is 10.4 Å². The zero-order valence-electron chi connectivity index (χ0n) is 11.6. The molecule has 0 heterocycles. The van der Waals surface area contributed by atoms with Crippen molar-refractivity contribution >= 4 is 17.3 Å². The Morgan fingerprint density at radius 1 is 1.17 bits per heavy atom. The zero-order valence-corrected chi connectivity index (χ0v) is 11.6. The van der Waals surface area contributed by atoms with Crippen LogP contribution in [0.2, 0.25) is 0 Å². The Morgan fingerprint density at radius 3 is 2.42 bits per heavy atom.